The zero-order chi connectivity index (χ0) is 20.2. The first kappa shape index (κ1) is 18.4. The number of amides is 3. The van der Waals surface area contributed by atoms with Crippen LogP contribution in [-0.2, 0) is 9.59 Å². The van der Waals surface area contributed by atoms with Crippen molar-refractivity contribution in [1.82, 2.24) is 9.80 Å². The Balaban J connectivity index is 1.79. The Labute approximate surface area is 166 Å². The van der Waals surface area contributed by atoms with Crippen LogP contribution in [0.1, 0.15) is 6.92 Å². The van der Waals surface area contributed by atoms with Crippen molar-refractivity contribution in [3.63, 3.8) is 0 Å². The van der Waals surface area contributed by atoms with Crippen molar-refractivity contribution < 1.29 is 24.1 Å². The molecule has 1 N–H and O–H groups in total. The minimum Gasteiger partial charge on any atom is -0.480 e. The molecule has 3 amide bonds. The maximum Gasteiger partial charge on any atom is 0.397 e. The lowest BCUT2D eigenvalue weighted by Crippen LogP contribution is -2.64. The molecule has 0 aliphatic carbocycles. The Morgan fingerprint density at radius 2 is 2.14 bits per heavy atom. The highest BCUT2D eigenvalue weighted by Gasteiger charge is 2.55. The van der Waals surface area contributed by atoms with E-state index in [9.17, 15) is 14.4 Å². The number of hydrogen-bond acceptors (Lipinski definition) is 5. The summed E-state index contributed by atoms with van der Waals surface area (Å²) in [6.45, 7) is 2.63. The first-order valence-corrected chi connectivity index (χ1v) is 9.22. The first-order valence-electron chi connectivity index (χ1n) is 8.84. The third kappa shape index (κ3) is 2.82. The number of rotatable bonds is 3. The van der Waals surface area contributed by atoms with Crippen LogP contribution in [0, 0.1) is 5.92 Å². The number of carboxylic acid groups (broad SMARTS) is 1. The van der Waals surface area contributed by atoms with Gasteiger partial charge in [-0.25, -0.2) is 19.2 Å². The van der Waals surface area contributed by atoms with Crippen molar-refractivity contribution in [2.24, 2.45) is 10.9 Å². The zero-order valence-electron chi connectivity index (χ0n) is 15.4. The molecule has 10 heteroatoms. The van der Waals surface area contributed by atoms with Gasteiger partial charge < -0.3 is 5.11 Å². The number of aliphatic carboxylic acids is 1. The van der Waals surface area contributed by atoms with E-state index in [2.05, 4.69) is 11.9 Å². The van der Waals surface area contributed by atoms with Gasteiger partial charge in [-0.3, -0.25) is 14.5 Å². The Hall–Kier alpha value is -2.94. The summed E-state index contributed by atoms with van der Waals surface area (Å²) in [5.41, 5.74) is 0.839. The normalized spacial score (nSPS) is 24.4. The van der Waals surface area contributed by atoms with E-state index in [1.54, 1.807) is 6.07 Å². The Morgan fingerprint density at radius 1 is 1.39 bits per heavy atom. The molecule has 2 unspecified atom stereocenters. The number of fused-ring (bicyclic) bond motifs is 2. The van der Waals surface area contributed by atoms with Crippen LogP contribution in [0.4, 0.5) is 10.5 Å². The van der Waals surface area contributed by atoms with Crippen molar-refractivity contribution in [3.8, 4) is 0 Å². The highest BCUT2D eigenvalue weighted by Crippen LogP contribution is 2.29. The van der Waals surface area contributed by atoms with Crippen LogP contribution in [0.5, 0.6) is 0 Å². The van der Waals surface area contributed by atoms with E-state index in [0.29, 0.717) is 29.9 Å². The van der Waals surface area contributed by atoms with Gasteiger partial charge >= 0.3 is 18.0 Å². The summed E-state index contributed by atoms with van der Waals surface area (Å²) in [5.74, 6) is -0.733. The van der Waals surface area contributed by atoms with Gasteiger partial charge in [0, 0.05) is 18.0 Å². The molecule has 3 heterocycles. The number of hydrogen-bond donors (Lipinski definition) is 1. The molecule has 28 heavy (non-hydrogen) atoms. The molecule has 2 atom stereocenters. The molecule has 0 spiro atoms. The van der Waals surface area contributed by atoms with Gasteiger partial charge in [-0.15, -0.1) is 0 Å². The fraction of sp³-hybridized carbons (Fsp3) is 0.389. The lowest BCUT2D eigenvalue weighted by molar-refractivity contribution is -0.545. The molecule has 1 fully saturated rings. The monoisotopic (exact) mass is 404 g/mol. The molecule has 3 aliphatic heterocycles. The number of benzene rings is 1. The number of guanidine groups is 1. The van der Waals surface area contributed by atoms with Gasteiger partial charge in [0.25, 0.3) is 5.91 Å². The van der Waals surface area contributed by atoms with E-state index >= 15 is 0 Å². The Kier molecular flexibility index (Phi) is 4.34. The predicted octanol–water partition coefficient (Wildman–Crippen LogP) is 0.924. The molecular formula is C18H19ClN5O4+. The number of aliphatic imine (C=N–C) groups is 1. The van der Waals surface area contributed by atoms with Crippen LogP contribution in [-0.4, -0.2) is 81.9 Å². The molecule has 1 aromatic carbocycles. The van der Waals surface area contributed by atoms with Crippen LogP contribution in [0.25, 0.3) is 0 Å². The molecule has 4 rings (SSSR count). The number of carboxylic acids is 1. The smallest absolute Gasteiger partial charge is 0.397 e. The topological polar surface area (TPSA) is 96.5 Å². The number of urea groups is 1. The highest BCUT2D eigenvalue weighted by molar-refractivity contribution is 6.31. The summed E-state index contributed by atoms with van der Waals surface area (Å²) in [5, 5.41) is 9.67. The largest absolute Gasteiger partial charge is 0.480 e. The predicted molar refractivity (Wildman–Crippen MR) is 102 cm³/mol. The van der Waals surface area contributed by atoms with Gasteiger partial charge in [0.05, 0.1) is 13.1 Å². The van der Waals surface area contributed by atoms with Gasteiger partial charge in [0.2, 0.25) is 11.9 Å². The summed E-state index contributed by atoms with van der Waals surface area (Å²) in [7, 11) is 1.50. The number of likely N-dealkylation sites (N-methyl/N-ethyl adjacent to an activating group) is 1. The fourth-order valence-electron chi connectivity index (χ4n) is 3.84. The average Bonchev–Trinajstić information content (AvgIpc) is 3.02. The van der Waals surface area contributed by atoms with E-state index < -0.39 is 30.5 Å². The average molecular weight is 405 g/mol. The molecule has 0 bridgehead atoms. The van der Waals surface area contributed by atoms with Crippen LogP contribution >= 0.6 is 11.6 Å². The molecule has 146 valence electrons. The van der Waals surface area contributed by atoms with Crippen molar-refractivity contribution in [1.29, 1.82) is 0 Å². The summed E-state index contributed by atoms with van der Waals surface area (Å²) in [6, 6.07) is 5.84. The number of carbonyl (C=O) groups is 3. The SMILES string of the molecule is CC1CN(c2cccc(Cl)c2)C2=[N+](C1)C1C(=O)N(CC(=O)O)C(=O)N(C)C1=N2. The van der Waals surface area contributed by atoms with Crippen LogP contribution < -0.4 is 4.90 Å². The summed E-state index contributed by atoms with van der Waals surface area (Å²) in [6.07, 6.45) is 0. The number of carbonyl (C=O) groups excluding carboxylic acids is 2. The number of amidine groups is 1. The lowest BCUT2D eigenvalue weighted by atomic mass is 10.1. The molecule has 9 nitrogen and oxygen atoms in total. The van der Waals surface area contributed by atoms with Gasteiger partial charge in [0.1, 0.15) is 12.2 Å². The minimum absolute atomic E-state index is 0.209. The second-order valence-electron chi connectivity index (χ2n) is 7.18. The molecule has 1 aromatic rings. The Morgan fingerprint density at radius 3 is 2.82 bits per heavy atom. The van der Waals surface area contributed by atoms with E-state index in [1.807, 2.05) is 27.7 Å². The van der Waals surface area contributed by atoms with E-state index in [1.165, 1.54) is 11.9 Å². The molecule has 0 aromatic heterocycles. The lowest BCUT2D eigenvalue weighted by Gasteiger charge is -2.34. The third-order valence-electron chi connectivity index (χ3n) is 5.05. The summed E-state index contributed by atoms with van der Waals surface area (Å²) < 4.78 is 1.84. The Bertz CT molecular complexity index is 959. The first-order chi connectivity index (χ1) is 13.3. The standard InChI is InChI=1S/C18H18ClN5O4/c1-10-7-22(12-5-3-4-11(19)6-12)17-20-15-14(23(17)8-10)16(27)24(9-13(25)26)18(28)21(15)2/h3-6,10,14H,7-9H2,1-2H3/p+1. The van der Waals surface area contributed by atoms with Gasteiger partial charge in [-0.1, -0.05) is 29.6 Å². The highest BCUT2D eigenvalue weighted by atomic mass is 35.5. The number of imide groups is 1. The second kappa shape index (κ2) is 6.59. The zero-order valence-corrected chi connectivity index (χ0v) is 16.1. The van der Waals surface area contributed by atoms with Crippen molar-refractivity contribution in [2.75, 3.05) is 31.6 Å². The van der Waals surface area contributed by atoms with E-state index in [-0.39, 0.29) is 5.92 Å². The molecular weight excluding hydrogens is 386 g/mol. The number of nitrogens with zero attached hydrogens (tertiary/aromatic N) is 5. The summed E-state index contributed by atoms with van der Waals surface area (Å²) in [4.78, 5) is 45.2. The molecule has 0 radical (unpaired) electrons. The van der Waals surface area contributed by atoms with Crippen LogP contribution in [0.3, 0.4) is 0 Å². The van der Waals surface area contributed by atoms with Crippen LogP contribution in [0.15, 0.2) is 29.3 Å². The maximum absolute atomic E-state index is 13.0. The quantitative estimate of drug-likeness (QED) is 0.756. The third-order valence-corrected chi connectivity index (χ3v) is 5.28. The van der Waals surface area contributed by atoms with Crippen molar-refractivity contribution >= 4 is 47.0 Å². The summed E-state index contributed by atoms with van der Waals surface area (Å²) >= 11 is 6.14. The minimum atomic E-state index is -1.25. The number of halogens is 1. The second-order valence-corrected chi connectivity index (χ2v) is 7.62. The fourth-order valence-corrected chi connectivity index (χ4v) is 4.03. The molecule has 0 saturated carbocycles. The van der Waals surface area contributed by atoms with E-state index in [0.717, 1.165) is 10.6 Å². The van der Waals surface area contributed by atoms with Gasteiger partial charge in [-0.05, 0) is 18.2 Å². The maximum atomic E-state index is 13.0. The molecule has 1 saturated heterocycles. The number of anilines is 1. The van der Waals surface area contributed by atoms with E-state index in [4.69, 9.17) is 16.7 Å². The van der Waals surface area contributed by atoms with Crippen molar-refractivity contribution in [2.45, 2.75) is 13.0 Å². The van der Waals surface area contributed by atoms with Gasteiger partial charge in [0.15, 0.2) is 0 Å². The molecule has 3 aliphatic rings. The van der Waals surface area contributed by atoms with Crippen molar-refractivity contribution in [3.05, 3.63) is 29.3 Å². The van der Waals surface area contributed by atoms with Crippen LogP contribution in [0.2, 0.25) is 5.02 Å². The van der Waals surface area contributed by atoms with Gasteiger partial charge in [-0.2, -0.15) is 0 Å².